The first-order valence-corrected chi connectivity index (χ1v) is 5.11. The molecule has 3 nitrogen and oxygen atoms in total. The monoisotopic (exact) mass is 257 g/mol. The van der Waals surface area contributed by atoms with Gasteiger partial charge in [-0.1, -0.05) is 0 Å². The molecule has 0 spiro atoms. The molecule has 0 heterocycles. The van der Waals surface area contributed by atoms with Crippen molar-refractivity contribution in [2.45, 2.75) is 20.0 Å². The number of nitriles is 1. The summed E-state index contributed by atoms with van der Waals surface area (Å²) in [6, 6.07) is 3.76. The largest absolute Gasteiger partial charge is 0.492 e. The van der Waals surface area contributed by atoms with Crippen molar-refractivity contribution in [1.29, 1.82) is 5.26 Å². The molecule has 96 valence electrons. The Morgan fingerprint density at radius 1 is 1.44 bits per heavy atom. The van der Waals surface area contributed by atoms with E-state index in [1.54, 1.807) is 6.07 Å². The number of rotatable bonds is 3. The molecule has 0 aliphatic carbocycles. The van der Waals surface area contributed by atoms with Crippen LogP contribution in [-0.2, 0) is 6.18 Å². The van der Waals surface area contributed by atoms with Gasteiger partial charge < -0.3 is 4.74 Å². The fourth-order valence-electron chi connectivity index (χ4n) is 1.54. The van der Waals surface area contributed by atoms with Gasteiger partial charge in [-0.25, -0.2) is 0 Å². The van der Waals surface area contributed by atoms with E-state index < -0.39 is 28.8 Å². The second-order valence-electron chi connectivity index (χ2n) is 3.46. The minimum Gasteiger partial charge on any atom is -0.492 e. The van der Waals surface area contributed by atoms with Crippen LogP contribution in [0.25, 0.3) is 0 Å². The second kappa shape index (κ2) is 5.08. The van der Waals surface area contributed by atoms with Crippen LogP contribution in [0.4, 0.5) is 13.2 Å². The third kappa shape index (κ3) is 2.62. The molecule has 1 rings (SSSR count). The zero-order valence-corrected chi connectivity index (χ0v) is 9.76. The lowest BCUT2D eigenvalue weighted by Gasteiger charge is -2.17. The molecule has 0 radical (unpaired) electrons. The smallest absolute Gasteiger partial charge is 0.420 e. The van der Waals surface area contributed by atoms with E-state index in [-0.39, 0.29) is 12.2 Å². The average Bonchev–Trinajstić information content (AvgIpc) is 2.27. The number of hydrogen-bond acceptors (Lipinski definition) is 3. The molecular formula is C12H10F3NO2. The van der Waals surface area contributed by atoms with Crippen molar-refractivity contribution in [2.75, 3.05) is 6.61 Å². The molecule has 0 saturated heterocycles. The highest BCUT2D eigenvalue weighted by atomic mass is 19.4. The first-order chi connectivity index (χ1) is 8.32. The van der Waals surface area contributed by atoms with Crippen molar-refractivity contribution in [1.82, 2.24) is 0 Å². The number of hydrogen-bond donors (Lipinski definition) is 0. The number of ether oxygens (including phenoxy) is 1. The van der Waals surface area contributed by atoms with Crippen LogP contribution in [0.2, 0.25) is 0 Å². The molecule has 18 heavy (non-hydrogen) atoms. The Bertz CT molecular complexity index is 515. The van der Waals surface area contributed by atoms with E-state index in [0.717, 1.165) is 19.1 Å². The Hall–Kier alpha value is -2.03. The third-order valence-electron chi connectivity index (χ3n) is 2.23. The fourth-order valence-corrected chi connectivity index (χ4v) is 1.54. The Morgan fingerprint density at radius 2 is 2.06 bits per heavy atom. The number of nitrogens with zero attached hydrogens (tertiary/aromatic N) is 1. The molecule has 0 aliphatic heterocycles. The summed E-state index contributed by atoms with van der Waals surface area (Å²) in [6.07, 6.45) is -4.75. The summed E-state index contributed by atoms with van der Waals surface area (Å²) in [4.78, 5) is 11.2. The highest BCUT2D eigenvalue weighted by molar-refractivity contribution is 5.96. The van der Waals surface area contributed by atoms with Gasteiger partial charge in [0.15, 0.2) is 5.78 Å². The number of halogens is 3. The van der Waals surface area contributed by atoms with Crippen LogP contribution in [0, 0.1) is 11.3 Å². The predicted octanol–water partition coefficient (Wildman–Crippen LogP) is 3.18. The van der Waals surface area contributed by atoms with Crippen LogP contribution >= 0.6 is 0 Å². The lowest BCUT2D eigenvalue weighted by atomic mass is 9.99. The molecule has 0 atom stereocenters. The van der Waals surface area contributed by atoms with Crippen molar-refractivity contribution >= 4 is 5.78 Å². The van der Waals surface area contributed by atoms with Gasteiger partial charge in [-0.15, -0.1) is 0 Å². The van der Waals surface area contributed by atoms with Crippen LogP contribution < -0.4 is 4.74 Å². The maximum atomic E-state index is 13.0. The quantitative estimate of drug-likeness (QED) is 0.781. The highest BCUT2D eigenvalue weighted by Crippen LogP contribution is 2.40. The number of carbonyl (C=O) groups is 1. The van der Waals surface area contributed by atoms with E-state index in [4.69, 9.17) is 10.00 Å². The maximum absolute atomic E-state index is 13.0. The average molecular weight is 257 g/mol. The van der Waals surface area contributed by atoms with Gasteiger partial charge >= 0.3 is 6.18 Å². The lowest BCUT2D eigenvalue weighted by Crippen LogP contribution is -2.15. The predicted molar refractivity (Wildman–Crippen MR) is 57.3 cm³/mol. The van der Waals surface area contributed by atoms with Gasteiger partial charge in [0.2, 0.25) is 0 Å². The summed E-state index contributed by atoms with van der Waals surface area (Å²) in [6.45, 7) is 2.51. The summed E-state index contributed by atoms with van der Waals surface area (Å²) >= 11 is 0. The van der Waals surface area contributed by atoms with Gasteiger partial charge in [-0.2, -0.15) is 18.4 Å². The molecule has 0 aliphatic rings. The summed E-state index contributed by atoms with van der Waals surface area (Å²) in [7, 11) is 0. The van der Waals surface area contributed by atoms with Gasteiger partial charge in [-0.05, 0) is 26.0 Å². The minimum atomic E-state index is -4.75. The molecule has 6 heteroatoms. The second-order valence-corrected chi connectivity index (χ2v) is 3.46. The fraction of sp³-hybridized carbons (Fsp3) is 0.333. The lowest BCUT2D eigenvalue weighted by molar-refractivity contribution is -0.139. The molecule has 0 aromatic heterocycles. The number of ketones is 1. The van der Waals surface area contributed by atoms with Crippen molar-refractivity contribution < 1.29 is 22.7 Å². The van der Waals surface area contributed by atoms with Gasteiger partial charge in [0.25, 0.3) is 0 Å². The van der Waals surface area contributed by atoms with Crippen molar-refractivity contribution in [3.8, 4) is 11.8 Å². The van der Waals surface area contributed by atoms with E-state index in [1.807, 2.05) is 0 Å². The van der Waals surface area contributed by atoms with Gasteiger partial charge in [-0.3, -0.25) is 4.79 Å². The van der Waals surface area contributed by atoms with E-state index in [2.05, 4.69) is 0 Å². The third-order valence-corrected chi connectivity index (χ3v) is 2.23. The molecule has 0 unspecified atom stereocenters. The van der Waals surface area contributed by atoms with Gasteiger partial charge in [0.1, 0.15) is 17.4 Å². The maximum Gasteiger partial charge on any atom is 0.420 e. The summed E-state index contributed by atoms with van der Waals surface area (Å²) in [5, 5.41) is 8.78. The first kappa shape index (κ1) is 14.0. The van der Waals surface area contributed by atoms with Crippen LogP contribution in [0.3, 0.4) is 0 Å². The molecule has 0 saturated carbocycles. The van der Waals surface area contributed by atoms with E-state index >= 15 is 0 Å². The Morgan fingerprint density at radius 3 is 2.44 bits per heavy atom. The molecular weight excluding hydrogens is 247 g/mol. The number of benzene rings is 1. The first-order valence-electron chi connectivity index (χ1n) is 5.11. The molecule has 1 aromatic rings. The summed E-state index contributed by atoms with van der Waals surface area (Å²) in [5.74, 6) is -1.31. The van der Waals surface area contributed by atoms with E-state index in [9.17, 15) is 18.0 Å². The Balaban J connectivity index is 3.66. The highest BCUT2D eigenvalue weighted by Gasteiger charge is 2.39. The molecule has 1 aromatic carbocycles. The van der Waals surface area contributed by atoms with Gasteiger partial charge in [0.05, 0.1) is 12.2 Å². The van der Waals surface area contributed by atoms with E-state index in [0.29, 0.717) is 0 Å². The zero-order chi connectivity index (χ0) is 13.9. The SMILES string of the molecule is CCOc1c(C#N)ccc(C(C)=O)c1C(F)(F)F. The normalized spacial score (nSPS) is 10.9. The van der Waals surface area contributed by atoms with Gasteiger partial charge in [0, 0.05) is 5.56 Å². The number of carbonyl (C=O) groups excluding carboxylic acids is 1. The van der Waals surface area contributed by atoms with Crippen molar-refractivity contribution in [3.63, 3.8) is 0 Å². The number of alkyl halides is 3. The molecule has 0 bridgehead atoms. The van der Waals surface area contributed by atoms with Crippen LogP contribution in [0.1, 0.15) is 35.3 Å². The topological polar surface area (TPSA) is 50.1 Å². The standard InChI is InChI=1S/C12H10F3NO2/c1-3-18-11-8(6-16)4-5-9(7(2)17)10(11)12(13,14)15/h4-5H,3H2,1-2H3. The van der Waals surface area contributed by atoms with Crippen LogP contribution in [-0.4, -0.2) is 12.4 Å². The van der Waals surface area contributed by atoms with Crippen molar-refractivity contribution in [3.05, 3.63) is 28.8 Å². The summed E-state index contributed by atoms with van der Waals surface area (Å²) in [5.41, 5.74) is -1.92. The van der Waals surface area contributed by atoms with Crippen LogP contribution in [0.5, 0.6) is 5.75 Å². The Labute approximate surface area is 102 Å². The Kier molecular flexibility index (Phi) is 3.96. The number of Topliss-reactive ketones (excluding diaryl/α,β-unsaturated/α-hetero) is 1. The van der Waals surface area contributed by atoms with Crippen LogP contribution in [0.15, 0.2) is 12.1 Å². The molecule has 0 N–H and O–H groups in total. The summed E-state index contributed by atoms with van der Waals surface area (Å²) < 4.78 is 43.8. The minimum absolute atomic E-state index is 0.0287. The van der Waals surface area contributed by atoms with Crippen molar-refractivity contribution in [2.24, 2.45) is 0 Å². The molecule has 0 fully saturated rings. The molecule has 0 amide bonds. The van der Waals surface area contributed by atoms with E-state index in [1.165, 1.54) is 6.92 Å². The zero-order valence-electron chi connectivity index (χ0n) is 9.76.